The molecule has 1 aliphatic rings. The molecule has 0 radical (unpaired) electrons. The van der Waals surface area contributed by atoms with Gasteiger partial charge in [0.05, 0.1) is 43.2 Å². The molecule has 9 atom stereocenters. The van der Waals surface area contributed by atoms with E-state index in [1.807, 2.05) is 45.9 Å². The van der Waals surface area contributed by atoms with Gasteiger partial charge < -0.3 is 40.1 Å². The van der Waals surface area contributed by atoms with Crippen molar-refractivity contribution in [3.05, 3.63) is 35.9 Å². The zero-order chi connectivity index (χ0) is 39.3. The van der Waals surface area contributed by atoms with Crippen LogP contribution in [0.2, 0.25) is 0 Å². The van der Waals surface area contributed by atoms with Crippen LogP contribution in [0.25, 0.3) is 0 Å². The van der Waals surface area contributed by atoms with Gasteiger partial charge in [0.15, 0.2) is 0 Å². The summed E-state index contributed by atoms with van der Waals surface area (Å²) >= 11 is 0. The van der Waals surface area contributed by atoms with E-state index >= 15 is 0 Å². The van der Waals surface area contributed by atoms with Gasteiger partial charge in [-0.2, -0.15) is 0 Å². The Morgan fingerprint density at radius 2 is 1.60 bits per heavy atom. The summed E-state index contributed by atoms with van der Waals surface area (Å²) in [5.74, 6) is -3.74. The second-order valence-electron chi connectivity index (χ2n) is 14.6. The second-order valence-corrected chi connectivity index (χ2v) is 14.6. The van der Waals surface area contributed by atoms with Crippen molar-refractivity contribution < 1.29 is 43.7 Å². The number of rotatable bonds is 21. The fraction of sp³-hybridized carbons (Fsp3) is 0.711. The number of hydrogen-bond donors (Lipinski definition) is 4. The van der Waals surface area contributed by atoms with Crippen molar-refractivity contribution in [3.8, 4) is 0 Å². The van der Waals surface area contributed by atoms with Crippen LogP contribution in [0.15, 0.2) is 30.3 Å². The minimum atomic E-state index is -1.15. The van der Waals surface area contributed by atoms with Gasteiger partial charge in [0.2, 0.25) is 23.6 Å². The lowest BCUT2D eigenvalue weighted by atomic mass is 9.89. The van der Waals surface area contributed by atoms with Crippen LogP contribution >= 0.6 is 0 Å². The number of carbonyl (C=O) groups is 5. The quantitative estimate of drug-likeness (QED) is 0.146. The maximum Gasteiger partial charge on any atom is 0.326 e. The molecule has 1 aromatic carbocycles. The molecule has 1 heterocycles. The normalized spacial score (nSPS) is 19.2. The van der Waals surface area contributed by atoms with Gasteiger partial charge in [-0.05, 0) is 44.3 Å². The Kier molecular flexibility index (Phi) is 18.2. The van der Waals surface area contributed by atoms with Crippen LogP contribution in [0.3, 0.4) is 0 Å². The Bertz CT molecular complexity index is 1310. The first-order valence-electron chi connectivity index (χ1n) is 18.3. The zero-order valence-corrected chi connectivity index (χ0v) is 32.7. The maximum atomic E-state index is 14.1. The molecule has 0 aliphatic carbocycles. The highest BCUT2D eigenvalue weighted by Crippen LogP contribution is 2.29. The SMILES string of the molecule is CC[C@H](C)[C@@H]([C@@H](CC(=O)N1CCC[C@H]1[C@H](OC)[C@@H](C)C(=O)N[C@@H](Cc1ccccc1)C(=O)O)OC)N(C)C(=O)[C@@H](NC(=O)C(CO)N(C)C)C(C)C. The third-order valence-electron chi connectivity index (χ3n) is 10.5. The first-order valence-corrected chi connectivity index (χ1v) is 18.3. The average Bonchev–Trinajstić information content (AvgIpc) is 3.59. The molecular weight excluding hydrogens is 670 g/mol. The smallest absolute Gasteiger partial charge is 0.326 e. The van der Waals surface area contributed by atoms with Gasteiger partial charge in [-0.25, -0.2) is 4.79 Å². The number of aliphatic carboxylic acids is 1. The van der Waals surface area contributed by atoms with Gasteiger partial charge >= 0.3 is 5.97 Å². The van der Waals surface area contributed by atoms with Crippen LogP contribution in [-0.2, 0) is 39.9 Å². The molecule has 0 bridgehead atoms. The molecule has 14 nitrogen and oxygen atoms in total. The molecule has 4 amide bonds. The molecule has 0 saturated carbocycles. The molecule has 4 N–H and O–H groups in total. The summed E-state index contributed by atoms with van der Waals surface area (Å²) in [6, 6.07) is 5.27. The third-order valence-corrected chi connectivity index (χ3v) is 10.5. The molecule has 14 heteroatoms. The van der Waals surface area contributed by atoms with Gasteiger partial charge in [0.1, 0.15) is 18.1 Å². The lowest BCUT2D eigenvalue weighted by Crippen LogP contribution is -2.59. The number of carbonyl (C=O) groups excluding carboxylic acids is 4. The Morgan fingerprint density at radius 1 is 0.962 bits per heavy atom. The number of likely N-dealkylation sites (tertiary alicyclic amines) is 1. The first-order chi connectivity index (χ1) is 24.5. The van der Waals surface area contributed by atoms with Crippen LogP contribution in [-0.4, -0.2) is 145 Å². The fourth-order valence-electron chi connectivity index (χ4n) is 7.12. The van der Waals surface area contributed by atoms with E-state index < -0.39 is 72.7 Å². The number of methoxy groups -OCH3 is 2. The fourth-order valence-corrected chi connectivity index (χ4v) is 7.12. The number of carboxylic acids is 1. The number of benzene rings is 1. The molecule has 1 aromatic rings. The van der Waals surface area contributed by atoms with Crippen molar-refractivity contribution >= 4 is 29.6 Å². The van der Waals surface area contributed by atoms with Crippen molar-refractivity contribution in [2.45, 2.75) is 109 Å². The molecule has 0 aromatic heterocycles. The van der Waals surface area contributed by atoms with Crippen LogP contribution in [0.4, 0.5) is 0 Å². The number of nitrogens with zero attached hydrogens (tertiary/aromatic N) is 3. The highest BCUT2D eigenvalue weighted by Gasteiger charge is 2.43. The number of hydrogen-bond acceptors (Lipinski definition) is 9. The summed E-state index contributed by atoms with van der Waals surface area (Å²) < 4.78 is 11.8. The van der Waals surface area contributed by atoms with E-state index in [-0.39, 0.29) is 36.5 Å². The molecule has 0 spiro atoms. The van der Waals surface area contributed by atoms with Crippen molar-refractivity contribution in [2.24, 2.45) is 17.8 Å². The number of aliphatic hydroxyl groups is 1. The van der Waals surface area contributed by atoms with E-state index in [0.29, 0.717) is 25.8 Å². The Morgan fingerprint density at radius 3 is 2.10 bits per heavy atom. The molecule has 1 fully saturated rings. The van der Waals surface area contributed by atoms with Crippen molar-refractivity contribution in [1.82, 2.24) is 25.3 Å². The van der Waals surface area contributed by atoms with Gasteiger partial charge in [-0.1, -0.05) is 71.4 Å². The van der Waals surface area contributed by atoms with Gasteiger partial charge in [0.25, 0.3) is 0 Å². The van der Waals surface area contributed by atoms with E-state index in [1.54, 1.807) is 54.9 Å². The van der Waals surface area contributed by atoms with Gasteiger partial charge in [0, 0.05) is 34.2 Å². The Balaban J connectivity index is 2.26. The average molecular weight is 734 g/mol. The van der Waals surface area contributed by atoms with E-state index in [9.17, 15) is 34.2 Å². The largest absolute Gasteiger partial charge is 0.480 e. The number of nitrogens with one attached hydrogen (secondary N) is 2. The maximum absolute atomic E-state index is 14.1. The van der Waals surface area contributed by atoms with Crippen LogP contribution in [0, 0.1) is 17.8 Å². The molecule has 1 unspecified atom stereocenters. The third kappa shape index (κ3) is 11.7. The van der Waals surface area contributed by atoms with Crippen LogP contribution in [0.1, 0.15) is 65.9 Å². The molecular formula is C38H63N5O9. The second kappa shape index (κ2) is 21.2. The van der Waals surface area contributed by atoms with E-state index in [2.05, 4.69) is 10.6 Å². The molecule has 2 rings (SSSR count). The molecule has 1 saturated heterocycles. The summed E-state index contributed by atoms with van der Waals surface area (Å²) in [5, 5.41) is 25.1. The van der Waals surface area contributed by atoms with E-state index in [1.165, 1.54) is 14.2 Å². The van der Waals surface area contributed by atoms with Crippen LogP contribution in [0.5, 0.6) is 0 Å². The molecule has 294 valence electrons. The lowest BCUT2D eigenvalue weighted by Gasteiger charge is -2.41. The number of carboxylic acid groups (broad SMARTS) is 1. The van der Waals surface area contributed by atoms with E-state index in [4.69, 9.17) is 9.47 Å². The predicted octanol–water partition coefficient (Wildman–Crippen LogP) is 1.78. The molecule has 52 heavy (non-hydrogen) atoms. The first kappa shape index (κ1) is 44.6. The Hall–Kier alpha value is -3.59. The van der Waals surface area contributed by atoms with Crippen molar-refractivity contribution in [2.75, 3.05) is 48.5 Å². The number of amides is 4. The lowest BCUT2D eigenvalue weighted by molar-refractivity contribution is -0.148. The minimum absolute atomic E-state index is 0.0409. The highest BCUT2D eigenvalue weighted by atomic mass is 16.5. The van der Waals surface area contributed by atoms with Crippen LogP contribution < -0.4 is 10.6 Å². The van der Waals surface area contributed by atoms with E-state index in [0.717, 1.165) is 5.56 Å². The minimum Gasteiger partial charge on any atom is -0.480 e. The summed E-state index contributed by atoms with van der Waals surface area (Å²) in [5.41, 5.74) is 0.776. The summed E-state index contributed by atoms with van der Waals surface area (Å²) in [4.78, 5) is 71.6. The van der Waals surface area contributed by atoms with Crippen molar-refractivity contribution in [3.63, 3.8) is 0 Å². The topological polar surface area (TPSA) is 178 Å². The van der Waals surface area contributed by atoms with Gasteiger partial charge in [-0.15, -0.1) is 0 Å². The number of ether oxygens (including phenoxy) is 2. The highest BCUT2D eigenvalue weighted by molar-refractivity contribution is 5.90. The summed E-state index contributed by atoms with van der Waals surface area (Å²) in [7, 11) is 8.01. The summed E-state index contributed by atoms with van der Waals surface area (Å²) in [6.07, 6.45) is 0.666. The standard InChI is InChI=1S/C38H63N5O9/c1-11-24(4)33(42(8)37(48)32(23(2)3)40-36(47)29(22-44)41(6)7)30(51-9)21-31(45)43-19-15-18-28(43)34(52-10)25(5)35(46)39-27(38(49)50)20-26-16-13-12-14-17-26/h12-14,16-17,23-25,27-30,32-34,44H,11,15,18-22H2,1-10H3,(H,39,46)(H,40,47)(H,49,50)/t24-,25+,27-,28-,29?,30+,32-,33-,34+/m0/s1. The number of likely N-dealkylation sites (N-methyl/N-ethyl adjacent to an activating group) is 2. The van der Waals surface area contributed by atoms with Gasteiger partial charge in [-0.3, -0.25) is 24.1 Å². The zero-order valence-electron chi connectivity index (χ0n) is 32.7. The predicted molar refractivity (Wildman–Crippen MR) is 197 cm³/mol. The number of aliphatic hydroxyl groups excluding tert-OH is 1. The Labute approximate surface area is 309 Å². The molecule has 1 aliphatic heterocycles. The van der Waals surface area contributed by atoms with Crippen molar-refractivity contribution in [1.29, 1.82) is 0 Å². The summed E-state index contributed by atoms with van der Waals surface area (Å²) in [6.45, 7) is 9.37. The monoisotopic (exact) mass is 733 g/mol.